The lowest BCUT2D eigenvalue weighted by atomic mass is 10.2. The van der Waals surface area contributed by atoms with E-state index in [4.69, 9.17) is 37.4 Å². The SMILES string of the molecule is COc1cc(/C=N\NC(=O)CN(c2cc(Cl)ccc2Cl)S(C)(=O)=O)cc(OC)c1OC. The van der Waals surface area contributed by atoms with Gasteiger partial charge in [0.1, 0.15) is 6.54 Å². The molecule has 1 amide bonds. The molecule has 2 aromatic rings. The molecular weight excluding hydrogens is 469 g/mol. The molecular formula is C19H21Cl2N3O6S. The van der Waals surface area contributed by atoms with Gasteiger partial charge in [-0.05, 0) is 30.3 Å². The van der Waals surface area contributed by atoms with Crippen molar-refractivity contribution in [1.82, 2.24) is 5.43 Å². The molecule has 0 saturated heterocycles. The van der Waals surface area contributed by atoms with Crippen LogP contribution in [-0.4, -0.2) is 54.7 Å². The van der Waals surface area contributed by atoms with E-state index in [1.165, 1.54) is 45.7 Å². The topological polar surface area (TPSA) is 107 Å². The third-order valence-electron chi connectivity index (χ3n) is 3.95. The molecule has 0 heterocycles. The molecule has 0 atom stereocenters. The van der Waals surface area contributed by atoms with Gasteiger partial charge in [-0.3, -0.25) is 9.10 Å². The minimum absolute atomic E-state index is 0.0837. The van der Waals surface area contributed by atoms with Gasteiger partial charge in [-0.1, -0.05) is 23.2 Å². The molecule has 0 unspecified atom stereocenters. The van der Waals surface area contributed by atoms with Gasteiger partial charge in [0, 0.05) is 10.6 Å². The number of sulfonamides is 1. The van der Waals surface area contributed by atoms with E-state index < -0.39 is 22.5 Å². The fourth-order valence-corrected chi connectivity index (χ4v) is 3.87. The van der Waals surface area contributed by atoms with E-state index in [1.807, 2.05) is 0 Å². The molecule has 1 N–H and O–H groups in total. The highest BCUT2D eigenvalue weighted by Gasteiger charge is 2.23. The molecule has 12 heteroatoms. The Morgan fingerprint density at radius 3 is 2.23 bits per heavy atom. The predicted octanol–water partition coefficient (Wildman–Crippen LogP) is 2.94. The van der Waals surface area contributed by atoms with Crippen molar-refractivity contribution in [2.45, 2.75) is 0 Å². The maximum absolute atomic E-state index is 12.3. The number of hydrazone groups is 1. The van der Waals surface area contributed by atoms with Gasteiger partial charge in [0.2, 0.25) is 15.8 Å². The van der Waals surface area contributed by atoms with E-state index in [1.54, 1.807) is 12.1 Å². The van der Waals surface area contributed by atoms with E-state index >= 15 is 0 Å². The summed E-state index contributed by atoms with van der Waals surface area (Å²) >= 11 is 12.0. The Morgan fingerprint density at radius 1 is 1.10 bits per heavy atom. The third-order valence-corrected chi connectivity index (χ3v) is 5.64. The quantitative estimate of drug-likeness (QED) is 0.428. The Kier molecular flexibility index (Phi) is 8.37. The number of methoxy groups -OCH3 is 3. The van der Waals surface area contributed by atoms with E-state index in [-0.39, 0.29) is 15.7 Å². The Balaban J connectivity index is 2.19. The van der Waals surface area contributed by atoms with Crippen LogP contribution in [-0.2, 0) is 14.8 Å². The molecule has 0 aliphatic heterocycles. The van der Waals surface area contributed by atoms with Gasteiger partial charge in [-0.15, -0.1) is 0 Å². The number of benzene rings is 2. The number of nitrogens with one attached hydrogen (secondary N) is 1. The van der Waals surface area contributed by atoms with Crippen molar-refractivity contribution in [3.8, 4) is 17.2 Å². The van der Waals surface area contributed by atoms with E-state index in [0.29, 0.717) is 22.8 Å². The zero-order chi connectivity index (χ0) is 23.2. The van der Waals surface area contributed by atoms with Crippen molar-refractivity contribution >= 4 is 51.0 Å². The maximum Gasteiger partial charge on any atom is 0.260 e. The van der Waals surface area contributed by atoms with Crippen LogP contribution in [0.2, 0.25) is 10.0 Å². The van der Waals surface area contributed by atoms with Crippen molar-refractivity contribution in [3.05, 3.63) is 45.9 Å². The highest BCUT2D eigenvalue weighted by Crippen LogP contribution is 2.37. The van der Waals surface area contributed by atoms with E-state index in [9.17, 15) is 13.2 Å². The minimum atomic E-state index is -3.82. The summed E-state index contributed by atoms with van der Waals surface area (Å²) in [6, 6.07) is 7.57. The molecule has 0 aliphatic carbocycles. The molecule has 0 fully saturated rings. The van der Waals surface area contributed by atoms with Crippen molar-refractivity contribution in [1.29, 1.82) is 0 Å². The van der Waals surface area contributed by atoms with Crippen LogP contribution in [0, 0.1) is 0 Å². The van der Waals surface area contributed by atoms with Gasteiger partial charge in [0.25, 0.3) is 5.91 Å². The Labute approximate surface area is 190 Å². The van der Waals surface area contributed by atoms with Gasteiger partial charge >= 0.3 is 0 Å². The standard InChI is InChI=1S/C19H21Cl2N3O6S/c1-28-16-7-12(8-17(29-2)19(16)30-3)10-22-23-18(25)11-24(31(4,26)27)15-9-13(20)5-6-14(15)21/h5-10H,11H2,1-4H3,(H,23,25)/b22-10-. The van der Waals surface area contributed by atoms with Crippen LogP contribution in [0.3, 0.4) is 0 Å². The van der Waals surface area contributed by atoms with Crippen molar-refractivity contribution in [2.24, 2.45) is 5.10 Å². The highest BCUT2D eigenvalue weighted by molar-refractivity contribution is 7.92. The zero-order valence-corrected chi connectivity index (χ0v) is 19.5. The fraction of sp³-hybridized carbons (Fsp3) is 0.263. The number of hydrogen-bond donors (Lipinski definition) is 1. The van der Waals surface area contributed by atoms with Gasteiger partial charge in [0.05, 0.1) is 44.5 Å². The number of carbonyl (C=O) groups is 1. The van der Waals surface area contributed by atoms with E-state index in [0.717, 1.165) is 10.6 Å². The summed E-state index contributed by atoms with van der Waals surface area (Å²) in [7, 11) is 0.602. The van der Waals surface area contributed by atoms with Crippen LogP contribution in [0.15, 0.2) is 35.4 Å². The minimum Gasteiger partial charge on any atom is -0.493 e. The second-order valence-electron chi connectivity index (χ2n) is 6.12. The number of rotatable bonds is 9. The van der Waals surface area contributed by atoms with Crippen LogP contribution >= 0.6 is 23.2 Å². The Bertz CT molecular complexity index is 1070. The largest absolute Gasteiger partial charge is 0.493 e. The van der Waals surface area contributed by atoms with Crippen LogP contribution in [0.5, 0.6) is 17.2 Å². The number of amides is 1. The van der Waals surface area contributed by atoms with Gasteiger partial charge in [-0.2, -0.15) is 5.10 Å². The molecule has 0 spiro atoms. The predicted molar refractivity (Wildman–Crippen MR) is 120 cm³/mol. The second kappa shape index (κ2) is 10.6. The summed E-state index contributed by atoms with van der Waals surface area (Å²) in [4.78, 5) is 12.3. The van der Waals surface area contributed by atoms with Crippen LogP contribution in [0.4, 0.5) is 5.69 Å². The fourth-order valence-electron chi connectivity index (χ4n) is 2.58. The Hall–Kier alpha value is -2.69. The molecule has 0 aliphatic rings. The van der Waals surface area contributed by atoms with Crippen molar-refractivity contribution in [2.75, 3.05) is 38.4 Å². The second-order valence-corrected chi connectivity index (χ2v) is 8.87. The average Bonchev–Trinajstić information content (AvgIpc) is 2.72. The number of ether oxygens (including phenoxy) is 3. The van der Waals surface area contributed by atoms with E-state index in [2.05, 4.69) is 10.5 Å². The lowest BCUT2D eigenvalue weighted by Gasteiger charge is -2.22. The molecule has 31 heavy (non-hydrogen) atoms. The molecule has 0 saturated carbocycles. The first kappa shape index (κ1) is 24.6. The first-order valence-electron chi connectivity index (χ1n) is 8.65. The number of hydrogen-bond acceptors (Lipinski definition) is 7. The summed E-state index contributed by atoms with van der Waals surface area (Å²) in [5.41, 5.74) is 2.91. The summed E-state index contributed by atoms with van der Waals surface area (Å²) in [6.45, 7) is -0.550. The van der Waals surface area contributed by atoms with Crippen molar-refractivity contribution in [3.63, 3.8) is 0 Å². The number of anilines is 1. The van der Waals surface area contributed by atoms with Gasteiger partial charge in [0.15, 0.2) is 11.5 Å². The summed E-state index contributed by atoms with van der Waals surface area (Å²) in [5, 5.41) is 4.26. The Morgan fingerprint density at radius 2 is 1.71 bits per heavy atom. The number of nitrogens with zero attached hydrogens (tertiary/aromatic N) is 2. The smallest absolute Gasteiger partial charge is 0.260 e. The van der Waals surface area contributed by atoms with Crippen molar-refractivity contribution < 1.29 is 27.4 Å². The summed E-state index contributed by atoms with van der Waals surface area (Å²) in [5.74, 6) is 0.542. The average molecular weight is 490 g/mol. The highest BCUT2D eigenvalue weighted by atomic mass is 35.5. The summed E-state index contributed by atoms with van der Waals surface area (Å²) < 4.78 is 41.0. The monoisotopic (exact) mass is 489 g/mol. The first-order chi connectivity index (χ1) is 14.6. The normalized spacial score (nSPS) is 11.3. The molecule has 2 aromatic carbocycles. The zero-order valence-electron chi connectivity index (χ0n) is 17.2. The summed E-state index contributed by atoms with van der Waals surface area (Å²) in [6.07, 6.45) is 2.30. The lowest BCUT2D eigenvalue weighted by Crippen LogP contribution is -2.39. The molecule has 168 valence electrons. The van der Waals surface area contributed by atoms with Crippen LogP contribution in [0.25, 0.3) is 0 Å². The third kappa shape index (κ3) is 6.39. The van der Waals surface area contributed by atoms with Crippen LogP contribution in [0.1, 0.15) is 5.56 Å². The lowest BCUT2D eigenvalue weighted by molar-refractivity contribution is -0.119. The number of carbonyl (C=O) groups excluding carboxylic acids is 1. The molecule has 9 nitrogen and oxygen atoms in total. The van der Waals surface area contributed by atoms with Crippen LogP contribution < -0.4 is 23.9 Å². The molecule has 0 bridgehead atoms. The van der Waals surface area contributed by atoms with Gasteiger partial charge < -0.3 is 14.2 Å². The molecule has 0 radical (unpaired) electrons. The maximum atomic E-state index is 12.3. The first-order valence-corrected chi connectivity index (χ1v) is 11.3. The molecule has 0 aromatic heterocycles. The van der Waals surface area contributed by atoms with Gasteiger partial charge in [-0.25, -0.2) is 13.8 Å². The number of halogens is 2. The molecule has 2 rings (SSSR count).